The van der Waals surface area contributed by atoms with E-state index < -0.39 is 23.3 Å². The zero-order valence-corrected chi connectivity index (χ0v) is 11.6. The molecule has 0 N–H and O–H groups in total. The van der Waals surface area contributed by atoms with Gasteiger partial charge in [0.1, 0.15) is 17.9 Å². The molecule has 0 saturated heterocycles. The summed E-state index contributed by atoms with van der Waals surface area (Å²) >= 11 is 2.74. The minimum atomic E-state index is -4.82. The van der Waals surface area contributed by atoms with Crippen LogP contribution < -0.4 is 4.74 Å². The molecule has 2 aromatic carbocycles. The van der Waals surface area contributed by atoms with Crippen molar-refractivity contribution in [3.63, 3.8) is 0 Å². The third-order valence-electron chi connectivity index (χ3n) is 2.58. The Balaban J connectivity index is 2.30. The first-order valence-electron chi connectivity index (χ1n) is 5.61. The Morgan fingerprint density at radius 1 is 1.00 bits per heavy atom. The topological polar surface area (TPSA) is 9.23 Å². The maximum Gasteiger partial charge on any atom is 0.422 e. The lowest BCUT2D eigenvalue weighted by Crippen LogP contribution is -2.12. The summed E-state index contributed by atoms with van der Waals surface area (Å²) in [6.45, 7) is -0.0645. The molecule has 1 nitrogen and oxygen atoms in total. The number of hydrogen-bond donors (Lipinski definition) is 0. The second-order valence-corrected chi connectivity index (χ2v) is 4.86. The smallest absolute Gasteiger partial charge is 0.422 e. The van der Waals surface area contributed by atoms with E-state index in [-0.39, 0.29) is 11.1 Å². The molecule has 6 heteroatoms. The highest BCUT2D eigenvalue weighted by molar-refractivity contribution is 9.10. The minimum absolute atomic E-state index is 0.0645. The number of benzene rings is 2. The van der Waals surface area contributed by atoms with Crippen LogP contribution >= 0.6 is 15.9 Å². The molecule has 0 aliphatic rings. The number of rotatable bonds is 3. The molecule has 106 valence electrons. The van der Waals surface area contributed by atoms with Crippen LogP contribution in [0.25, 0.3) is 0 Å². The Labute approximate surface area is 121 Å². The van der Waals surface area contributed by atoms with Gasteiger partial charge < -0.3 is 4.74 Å². The van der Waals surface area contributed by atoms with Crippen molar-refractivity contribution in [3.05, 3.63) is 63.9 Å². The second kappa shape index (κ2) is 5.83. The lowest BCUT2D eigenvalue weighted by molar-refractivity contribution is -0.141. The van der Waals surface area contributed by atoms with E-state index in [1.807, 2.05) is 0 Å². The highest BCUT2D eigenvalue weighted by Crippen LogP contribution is 2.40. The van der Waals surface area contributed by atoms with Crippen molar-refractivity contribution in [2.75, 3.05) is 0 Å². The van der Waals surface area contributed by atoms with Gasteiger partial charge in [-0.3, -0.25) is 0 Å². The Kier molecular flexibility index (Phi) is 4.32. The fourth-order valence-electron chi connectivity index (χ4n) is 1.65. The van der Waals surface area contributed by atoms with Crippen LogP contribution in [0.3, 0.4) is 0 Å². The van der Waals surface area contributed by atoms with E-state index in [0.29, 0.717) is 5.56 Å². The van der Waals surface area contributed by atoms with Crippen LogP contribution in [0.4, 0.5) is 17.6 Å². The number of hydrogen-bond acceptors (Lipinski definition) is 1. The van der Waals surface area contributed by atoms with Crippen molar-refractivity contribution in [1.82, 2.24) is 0 Å². The molecule has 0 bridgehead atoms. The van der Waals surface area contributed by atoms with Crippen LogP contribution in [0.5, 0.6) is 5.75 Å². The first-order valence-corrected chi connectivity index (χ1v) is 6.41. The van der Waals surface area contributed by atoms with Gasteiger partial charge in [0.15, 0.2) is 5.82 Å². The first kappa shape index (κ1) is 14.8. The molecule has 0 aliphatic heterocycles. The Bertz CT molecular complexity index is 596. The van der Waals surface area contributed by atoms with E-state index in [0.717, 1.165) is 6.07 Å². The average Bonchev–Trinajstić information content (AvgIpc) is 2.40. The van der Waals surface area contributed by atoms with Crippen LogP contribution in [0.2, 0.25) is 0 Å². The average molecular weight is 349 g/mol. The fourth-order valence-corrected chi connectivity index (χ4v) is 1.98. The monoisotopic (exact) mass is 348 g/mol. The van der Waals surface area contributed by atoms with Gasteiger partial charge in [-0.15, -0.1) is 0 Å². The Morgan fingerprint density at radius 2 is 1.65 bits per heavy atom. The van der Waals surface area contributed by atoms with Crippen LogP contribution in [-0.4, -0.2) is 0 Å². The molecular formula is C14H9BrF4O. The van der Waals surface area contributed by atoms with Gasteiger partial charge in [0, 0.05) is 0 Å². The molecule has 2 aromatic rings. The van der Waals surface area contributed by atoms with Crippen LogP contribution in [0.1, 0.15) is 11.1 Å². The summed E-state index contributed by atoms with van der Waals surface area (Å²) in [5.74, 6) is -1.90. The summed E-state index contributed by atoms with van der Waals surface area (Å²) in [4.78, 5) is 0. The van der Waals surface area contributed by atoms with Gasteiger partial charge in [0.25, 0.3) is 0 Å². The molecule has 0 radical (unpaired) electrons. The Morgan fingerprint density at radius 3 is 2.25 bits per heavy atom. The van der Waals surface area contributed by atoms with Crippen LogP contribution in [0, 0.1) is 5.82 Å². The molecule has 0 heterocycles. The van der Waals surface area contributed by atoms with E-state index in [1.54, 1.807) is 30.3 Å². The maximum atomic E-state index is 13.6. The molecule has 0 fully saturated rings. The molecule has 0 spiro atoms. The predicted molar refractivity (Wildman–Crippen MR) is 69.9 cm³/mol. The van der Waals surface area contributed by atoms with Gasteiger partial charge in [-0.2, -0.15) is 13.2 Å². The van der Waals surface area contributed by atoms with E-state index in [9.17, 15) is 17.6 Å². The molecule has 0 aromatic heterocycles. The highest BCUT2D eigenvalue weighted by Gasteiger charge is 2.38. The highest BCUT2D eigenvalue weighted by atomic mass is 79.9. The van der Waals surface area contributed by atoms with Crippen molar-refractivity contribution in [2.45, 2.75) is 12.8 Å². The second-order valence-electron chi connectivity index (χ2n) is 4.01. The van der Waals surface area contributed by atoms with Crippen LogP contribution in [0.15, 0.2) is 46.9 Å². The summed E-state index contributed by atoms with van der Waals surface area (Å²) < 4.78 is 57.1. The predicted octanol–water partition coefficient (Wildman–Crippen LogP) is 5.19. The number of halogens is 5. The summed E-state index contributed by atoms with van der Waals surface area (Å²) in [6.07, 6.45) is -4.82. The van der Waals surface area contributed by atoms with E-state index in [1.165, 1.54) is 6.07 Å². The third kappa shape index (κ3) is 3.30. The van der Waals surface area contributed by atoms with Gasteiger partial charge >= 0.3 is 6.18 Å². The molecular weight excluding hydrogens is 340 g/mol. The van der Waals surface area contributed by atoms with E-state index >= 15 is 0 Å². The van der Waals surface area contributed by atoms with Crippen molar-refractivity contribution in [1.29, 1.82) is 0 Å². The van der Waals surface area contributed by atoms with Gasteiger partial charge in [0.05, 0.1) is 4.47 Å². The van der Waals surface area contributed by atoms with E-state index in [2.05, 4.69) is 15.9 Å². The van der Waals surface area contributed by atoms with E-state index in [4.69, 9.17) is 4.74 Å². The standard InChI is InChI=1S/C14H9BrF4O/c15-10-6-7-11(12(13(10)16)14(17,18)19)20-8-9-4-2-1-3-5-9/h1-7H,8H2. The lowest BCUT2D eigenvalue weighted by Gasteiger charge is -2.15. The maximum absolute atomic E-state index is 13.6. The number of ether oxygens (including phenoxy) is 1. The van der Waals surface area contributed by atoms with Crippen LogP contribution in [-0.2, 0) is 12.8 Å². The molecule has 2 rings (SSSR count). The number of alkyl halides is 3. The zero-order chi connectivity index (χ0) is 14.8. The van der Waals surface area contributed by atoms with Crippen molar-refractivity contribution in [3.8, 4) is 5.75 Å². The quantitative estimate of drug-likeness (QED) is 0.694. The fraction of sp³-hybridized carbons (Fsp3) is 0.143. The summed E-state index contributed by atoms with van der Waals surface area (Å²) in [5.41, 5.74) is -0.702. The zero-order valence-electron chi connectivity index (χ0n) is 10.0. The molecule has 0 aliphatic carbocycles. The van der Waals surface area contributed by atoms with Crippen molar-refractivity contribution < 1.29 is 22.3 Å². The minimum Gasteiger partial charge on any atom is -0.488 e. The lowest BCUT2D eigenvalue weighted by atomic mass is 10.1. The van der Waals surface area contributed by atoms with Gasteiger partial charge in [-0.05, 0) is 33.6 Å². The summed E-state index contributed by atoms with van der Waals surface area (Å²) in [7, 11) is 0. The molecule has 20 heavy (non-hydrogen) atoms. The first-order chi connectivity index (χ1) is 9.39. The SMILES string of the molecule is Fc1c(Br)ccc(OCc2ccccc2)c1C(F)(F)F. The van der Waals surface area contributed by atoms with Crippen molar-refractivity contribution >= 4 is 15.9 Å². The molecule has 0 saturated carbocycles. The molecule has 0 atom stereocenters. The Hall–Kier alpha value is -1.56. The summed E-state index contributed by atoms with van der Waals surface area (Å²) in [6, 6.07) is 11.0. The van der Waals surface area contributed by atoms with Gasteiger partial charge in [-0.25, -0.2) is 4.39 Å². The largest absolute Gasteiger partial charge is 0.488 e. The molecule has 0 unspecified atom stereocenters. The van der Waals surface area contributed by atoms with Gasteiger partial charge in [0.2, 0.25) is 0 Å². The normalized spacial score (nSPS) is 11.4. The molecule has 0 amide bonds. The third-order valence-corrected chi connectivity index (χ3v) is 3.19. The summed E-state index contributed by atoms with van der Waals surface area (Å²) in [5, 5.41) is 0. The van der Waals surface area contributed by atoms with Gasteiger partial charge in [-0.1, -0.05) is 30.3 Å². The van der Waals surface area contributed by atoms with Crippen molar-refractivity contribution in [2.24, 2.45) is 0 Å².